The lowest BCUT2D eigenvalue weighted by atomic mass is 10.2. The monoisotopic (exact) mass is 380 g/mol. The van der Waals surface area contributed by atoms with Gasteiger partial charge >= 0.3 is 0 Å². The predicted octanol–water partition coefficient (Wildman–Crippen LogP) is 3.06. The van der Waals surface area contributed by atoms with Crippen molar-refractivity contribution in [3.8, 4) is 0 Å². The van der Waals surface area contributed by atoms with Crippen molar-refractivity contribution in [3.63, 3.8) is 0 Å². The molecule has 0 bridgehead atoms. The van der Waals surface area contributed by atoms with Crippen LogP contribution in [-0.4, -0.2) is 32.1 Å². The summed E-state index contributed by atoms with van der Waals surface area (Å²) in [6.45, 7) is 1.16. The second-order valence-corrected chi connectivity index (χ2v) is 5.52. The van der Waals surface area contributed by atoms with Crippen LogP contribution in [0.1, 0.15) is 27.3 Å². The van der Waals surface area contributed by atoms with E-state index in [1.54, 1.807) is 43.5 Å². The van der Waals surface area contributed by atoms with Crippen molar-refractivity contribution in [3.05, 3.63) is 52.4 Å². The molecule has 0 saturated carbocycles. The molecule has 0 aliphatic heterocycles. The fourth-order valence-electron chi connectivity index (χ4n) is 1.85. The zero-order valence-electron chi connectivity index (χ0n) is 12.6. The summed E-state index contributed by atoms with van der Waals surface area (Å²) in [4.78, 5) is 23.8. The number of nitrogens with one attached hydrogen (secondary N) is 2. The quantitative estimate of drug-likeness (QED) is 0.723. The Hall–Kier alpha value is -2.12. The maximum Gasteiger partial charge on any atom is 0.291 e. The minimum Gasteiger partial charge on any atom is -0.444 e. The molecule has 0 unspecified atom stereocenters. The van der Waals surface area contributed by atoms with Gasteiger partial charge in [-0.2, -0.15) is 0 Å². The van der Waals surface area contributed by atoms with Crippen molar-refractivity contribution in [2.45, 2.75) is 6.42 Å². The van der Waals surface area contributed by atoms with Crippen LogP contribution in [0.5, 0.6) is 0 Å². The van der Waals surface area contributed by atoms with Gasteiger partial charge in [0.25, 0.3) is 11.8 Å². The summed E-state index contributed by atoms with van der Waals surface area (Å²) in [6.07, 6.45) is 0.759. The Bertz CT molecular complexity index is 667. The second kappa shape index (κ2) is 8.50. The molecule has 7 heteroatoms. The smallest absolute Gasteiger partial charge is 0.291 e. The van der Waals surface area contributed by atoms with E-state index in [2.05, 4.69) is 26.6 Å². The molecule has 0 aliphatic carbocycles. The lowest BCUT2D eigenvalue weighted by Gasteiger charge is -2.07. The van der Waals surface area contributed by atoms with Gasteiger partial charge in [-0.25, -0.2) is 0 Å². The number of furan rings is 1. The first-order valence-corrected chi connectivity index (χ1v) is 7.83. The highest BCUT2D eigenvalue weighted by atomic mass is 79.9. The van der Waals surface area contributed by atoms with Crippen molar-refractivity contribution in [1.29, 1.82) is 0 Å². The third kappa shape index (κ3) is 5.22. The molecule has 0 aliphatic rings. The molecule has 0 spiro atoms. The number of rotatable bonds is 7. The van der Waals surface area contributed by atoms with E-state index in [0.717, 1.165) is 6.42 Å². The highest BCUT2D eigenvalue weighted by molar-refractivity contribution is 9.10. The Morgan fingerprint density at radius 1 is 1.13 bits per heavy atom. The standard InChI is InChI=1S/C16H17BrN2O4/c1-22-10-2-9-18-15(20)11-3-5-12(6-4-11)19-16(21)13-7-8-14(17)23-13/h3-8H,2,9-10H2,1H3,(H,18,20)(H,19,21). The number of halogens is 1. The molecule has 1 aromatic heterocycles. The van der Waals surface area contributed by atoms with Gasteiger partial charge in [0, 0.05) is 31.5 Å². The van der Waals surface area contributed by atoms with Gasteiger partial charge in [-0.05, 0) is 58.7 Å². The van der Waals surface area contributed by atoms with Gasteiger partial charge in [0.05, 0.1) is 0 Å². The summed E-state index contributed by atoms with van der Waals surface area (Å²) in [6, 6.07) is 9.85. The fourth-order valence-corrected chi connectivity index (χ4v) is 2.16. The van der Waals surface area contributed by atoms with E-state index in [-0.39, 0.29) is 17.6 Å². The Labute approximate surface area is 142 Å². The first kappa shape index (κ1) is 17.2. The number of carbonyl (C=O) groups excluding carboxylic acids is 2. The van der Waals surface area contributed by atoms with E-state index >= 15 is 0 Å². The number of benzene rings is 1. The molecule has 0 fully saturated rings. The molecule has 2 N–H and O–H groups in total. The van der Waals surface area contributed by atoms with Crippen LogP contribution in [-0.2, 0) is 4.74 Å². The maximum absolute atomic E-state index is 11.9. The van der Waals surface area contributed by atoms with E-state index in [1.165, 1.54) is 0 Å². The summed E-state index contributed by atoms with van der Waals surface area (Å²) < 4.78 is 10.6. The molecule has 6 nitrogen and oxygen atoms in total. The molecule has 122 valence electrons. The van der Waals surface area contributed by atoms with Crippen LogP contribution in [0.15, 0.2) is 45.5 Å². The third-order valence-corrected chi connectivity index (χ3v) is 3.44. The van der Waals surface area contributed by atoms with E-state index in [9.17, 15) is 9.59 Å². The average Bonchev–Trinajstić information content (AvgIpc) is 2.99. The van der Waals surface area contributed by atoms with Crippen molar-refractivity contribution in [1.82, 2.24) is 5.32 Å². The number of carbonyl (C=O) groups is 2. The molecule has 2 amide bonds. The first-order chi connectivity index (χ1) is 11.1. The van der Waals surface area contributed by atoms with Gasteiger partial charge in [0.2, 0.25) is 0 Å². The Balaban J connectivity index is 1.89. The highest BCUT2D eigenvalue weighted by Crippen LogP contribution is 2.16. The van der Waals surface area contributed by atoms with Crippen LogP contribution < -0.4 is 10.6 Å². The molecule has 1 heterocycles. The van der Waals surface area contributed by atoms with Gasteiger partial charge in [-0.1, -0.05) is 0 Å². The van der Waals surface area contributed by atoms with Crippen LogP contribution >= 0.6 is 15.9 Å². The zero-order chi connectivity index (χ0) is 16.7. The van der Waals surface area contributed by atoms with Crippen molar-refractivity contribution in [2.24, 2.45) is 0 Å². The topological polar surface area (TPSA) is 80.6 Å². The van der Waals surface area contributed by atoms with E-state index in [1.807, 2.05) is 0 Å². The first-order valence-electron chi connectivity index (χ1n) is 7.04. The predicted molar refractivity (Wildman–Crippen MR) is 89.6 cm³/mol. The number of hydrogen-bond acceptors (Lipinski definition) is 4. The molecule has 0 saturated heterocycles. The van der Waals surface area contributed by atoms with Gasteiger partial charge in [-0.15, -0.1) is 0 Å². The number of methoxy groups -OCH3 is 1. The molecule has 23 heavy (non-hydrogen) atoms. The summed E-state index contributed by atoms with van der Waals surface area (Å²) in [5.74, 6) is -0.307. The molecule has 2 aromatic rings. The van der Waals surface area contributed by atoms with E-state index in [4.69, 9.17) is 9.15 Å². The number of hydrogen-bond donors (Lipinski definition) is 2. The molecule has 0 radical (unpaired) electrons. The minimum atomic E-state index is -0.354. The molecule has 2 rings (SSSR count). The van der Waals surface area contributed by atoms with Crippen molar-refractivity contribution in [2.75, 3.05) is 25.6 Å². The number of amides is 2. The van der Waals surface area contributed by atoms with Crippen LogP contribution in [0, 0.1) is 0 Å². The maximum atomic E-state index is 11.9. The number of ether oxygens (including phenoxy) is 1. The van der Waals surface area contributed by atoms with Crippen molar-refractivity contribution >= 4 is 33.4 Å². The van der Waals surface area contributed by atoms with E-state index in [0.29, 0.717) is 29.1 Å². The average molecular weight is 381 g/mol. The molecule has 1 aromatic carbocycles. The fraction of sp³-hybridized carbons (Fsp3) is 0.250. The van der Waals surface area contributed by atoms with Crippen LogP contribution in [0.3, 0.4) is 0 Å². The van der Waals surface area contributed by atoms with Gasteiger partial charge < -0.3 is 19.8 Å². The Morgan fingerprint density at radius 2 is 1.87 bits per heavy atom. The summed E-state index contributed by atoms with van der Waals surface area (Å²) in [5.41, 5.74) is 1.11. The third-order valence-electron chi connectivity index (χ3n) is 3.01. The molecular weight excluding hydrogens is 364 g/mol. The van der Waals surface area contributed by atoms with Gasteiger partial charge in [-0.3, -0.25) is 9.59 Å². The van der Waals surface area contributed by atoms with Crippen LogP contribution in [0.4, 0.5) is 5.69 Å². The lowest BCUT2D eigenvalue weighted by molar-refractivity contribution is 0.0947. The summed E-state index contributed by atoms with van der Waals surface area (Å²) >= 11 is 3.14. The molecule has 0 atom stereocenters. The SMILES string of the molecule is COCCCNC(=O)c1ccc(NC(=O)c2ccc(Br)o2)cc1. The molecular formula is C16H17BrN2O4. The zero-order valence-corrected chi connectivity index (χ0v) is 14.2. The lowest BCUT2D eigenvalue weighted by Crippen LogP contribution is -2.25. The van der Waals surface area contributed by atoms with Crippen LogP contribution in [0.2, 0.25) is 0 Å². The highest BCUT2D eigenvalue weighted by Gasteiger charge is 2.11. The Kier molecular flexibility index (Phi) is 6.37. The summed E-state index contributed by atoms with van der Waals surface area (Å²) in [5, 5.41) is 5.49. The van der Waals surface area contributed by atoms with Gasteiger partial charge in [0.15, 0.2) is 10.4 Å². The largest absolute Gasteiger partial charge is 0.444 e. The second-order valence-electron chi connectivity index (χ2n) is 4.74. The number of anilines is 1. The van der Waals surface area contributed by atoms with Crippen molar-refractivity contribution < 1.29 is 18.7 Å². The minimum absolute atomic E-state index is 0.158. The van der Waals surface area contributed by atoms with Crippen LogP contribution in [0.25, 0.3) is 0 Å². The van der Waals surface area contributed by atoms with E-state index < -0.39 is 0 Å². The van der Waals surface area contributed by atoms with Gasteiger partial charge in [0.1, 0.15) is 0 Å². The normalized spacial score (nSPS) is 10.3. The summed E-state index contributed by atoms with van der Waals surface area (Å²) in [7, 11) is 1.62. The Morgan fingerprint density at radius 3 is 2.48 bits per heavy atom.